The van der Waals surface area contributed by atoms with Crippen LogP contribution >= 0.6 is 0 Å². The maximum Gasteiger partial charge on any atom is 0.269 e. The molecule has 4 N–H and O–H groups in total. The summed E-state index contributed by atoms with van der Waals surface area (Å²) in [5, 5.41) is 7.46. The van der Waals surface area contributed by atoms with Crippen molar-refractivity contribution in [3.05, 3.63) is 41.6 Å². The summed E-state index contributed by atoms with van der Waals surface area (Å²) in [6.07, 6.45) is 0. The normalized spacial score (nSPS) is 10.2. The van der Waals surface area contributed by atoms with Crippen LogP contribution in [0.5, 0.6) is 17.4 Å². The number of carbonyl (C=O) groups excluding carboxylic acids is 1. The molecule has 1 heterocycles. The first-order valence-corrected chi connectivity index (χ1v) is 6.41. The van der Waals surface area contributed by atoms with Gasteiger partial charge in [0.05, 0.1) is 6.61 Å². The number of carbonyl (C=O) groups is 1. The van der Waals surface area contributed by atoms with E-state index in [1.54, 1.807) is 6.07 Å². The van der Waals surface area contributed by atoms with Crippen LogP contribution in [0, 0.1) is 0 Å². The minimum Gasteiger partial charge on any atom is -0.490 e. The fourth-order valence-corrected chi connectivity index (χ4v) is 1.65. The summed E-state index contributed by atoms with van der Waals surface area (Å²) in [4.78, 5) is 10.9. The molecule has 0 aliphatic heterocycles. The fourth-order valence-electron chi connectivity index (χ4n) is 1.65. The molecule has 0 fully saturated rings. The molecule has 1 aromatic carbocycles. The SMILES string of the molecule is CCOc1cc(CN)ccc1Oc1ccc(C(N)=O)nn1. The smallest absolute Gasteiger partial charge is 0.269 e. The van der Waals surface area contributed by atoms with E-state index in [1.165, 1.54) is 12.1 Å². The molecule has 0 aliphatic rings. The van der Waals surface area contributed by atoms with Gasteiger partial charge < -0.3 is 20.9 Å². The largest absolute Gasteiger partial charge is 0.490 e. The van der Waals surface area contributed by atoms with Gasteiger partial charge in [0.1, 0.15) is 0 Å². The van der Waals surface area contributed by atoms with Crippen LogP contribution in [0.25, 0.3) is 0 Å². The molecule has 0 atom stereocenters. The number of nitrogens with zero attached hydrogens (tertiary/aromatic N) is 2. The third kappa shape index (κ3) is 3.67. The summed E-state index contributed by atoms with van der Waals surface area (Å²) < 4.78 is 11.1. The molecule has 2 rings (SSSR count). The van der Waals surface area contributed by atoms with E-state index >= 15 is 0 Å². The monoisotopic (exact) mass is 288 g/mol. The lowest BCUT2D eigenvalue weighted by Crippen LogP contribution is -2.13. The van der Waals surface area contributed by atoms with Gasteiger partial charge in [-0.25, -0.2) is 0 Å². The quantitative estimate of drug-likeness (QED) is 0.826. The molecule has 0 unspecified atom stereocenters. The molecule has 0 bridgehead atoms. The van der Waals surface area contributed by atoms with Gasteiger partial charge in [-0.2, -0.15) is 0 Å². The number of amides is 1. The van der Waals surface area contributed by atoms with Crippen molar-refractivity contribution in [1.29, 1.82) is 0 Å². The van der Waals surface area contributed by atoms with Crippen molar-refractivity contribution in [2.45, 2.75) is 13.5 Å². The van der Waals surface area contributed by atoms with Crippen LogP contribution < -0.4 is 20.9 Å². The zero-order valence-corrected chi connectivity index (χ0v) is 11.6. The molecule has 0 saturated carbocycles. The average molecular weight is 288 g/mol. The Kier molecular flexibility index (Phi) is 4.68. The molecule has 21 heavy (non-hydrogen) atoms. The molecule has 0 spiro atoms. The van der Waals surface area contributed by atoms with Crippen LogP contribution in [0.2, 0.25) is 0 Å². The van der Waals surface area contributed by atoms with Crippen LogP contribution in [-0.4, -0.2) is 22.7 Å². The van der Waals surface area contributed by atoms with Crippen LogP contribution in [0.3, 0.4) is 0 Å². The predicted octanol–water partition coefficient (Wildman–Crippen LogP) is 1.23. The minimum atomic E-state index is -0.642. The zero-order valence-electron chi connectivity index (χ0n) is 11.6. The number of hydrogen-bond donors (Lipinski definition) is 2. The maximum atomic E-state index is 10.9. The maximum absolute atomic E-state index is 10.9. The average Bonchev–Trinajstić information content (AvgIpc) is 2.49. The highest BCUT2D eigenvalue weighted by Gasteiger charge is 2.09. The Labute approximate surface area is 121 Å². The molecule has 1 amide bonds. The summed E-state index contributed by atoms with van der Waals surface area (Å²) in [7, 11) is 0. The van der Waals surface area contributed by atoms with Crippen molar-refractivity contribution in [2.75, 3.05) is 6.61 Å². The van der Waals surface area contributed by atoms with E-state index in [0.717, 1.165) is 5.56 Å². The number of primary amides is 1. The van der Waals surface area contributed by atoms with Crippen LogP contribution in [0.1, 0.15) is 23.0 Å². The number of benzene rings is 1. The summed E-state index contributed by atoms with van der Waals surface area (Å²) >= 11 is 0. The number of aromatic nitrogens is 2. The van der Waals surface area contributed by atoms with Gasteiger partial charge in [-0.3, -0.25) is 4.79 Å². The molecule has 7 nitrogen and oxygen atoms in total. The number of hydrogen-bond acceptors (Lipinski definition) is 6. The van der Waals surface area contributed by atoms with Gasteiger partial charge in [0, 0.05) is 12.6 Å². The Hall–Kier alpha value is -2.67. The third-order valence-corrected chi connectivity index (χ3v) is 2.65. The molecule has 2 aromatic rings. The van der Waals surface area contributed by atoms with Crippen molar-refractivity contribution < 1.29 is 14.3 Å². The van der Waals surface area contributed by atoms with Gasteiger partial charge in [0.2, 0.25) is 5.88 Å². The molecule has 7 heteroatoms. The number of ether oxygens (including phenoxy) is 2. The Balaban J connectivity index is 2.23. The van der Waals surface area contributed by atoms with Crippen LogP contribution in [-0.2, 0) is 6.54 Å². The van der Waals surface area contributed by atoms with E-state index in [-0.39, 0.29) is 11.6 Å². The summed E-state index contributed by atoms with van der Waals surface area (Å²) in [6, 6.07) is 8.35. The summed E-state index contributed by atoms with van der Waals surface area (Å²) in [5.74, 6) is 0.661. The highest BCUT2D eigenvalue weighted by atomic mass is 16.5. The standard InChI is InChI=1S/C14H16N4O3/c1-2-20-12-7-9(8-15)3-5-11(12)21-13-6-4-10(14(16)19)17-18-13/h3-7H,2,8,15H2,1H3,(H2,16,19). The second-order valence-electron chi connectivity index (χ2n) is 4.14. The lowest BCUT2D eigenvalue weighted by Gasteiger charge is -2.12. The lowest BCUT2D eigenvalue weighted by molar-refractivity contribution is 0.0994. The Morgan fingerprint density at radius 3 is 2.57 bits per heavy atom. The Morgan fingerprint density at radius 1 is 1.19 bits per heavy atom. The molecular weight excluding hydrogens is 272 g/mol. The van der Waals surface area contributed by atoms with Gasteiger partial charge in [-0.1, -0.05) is 6.07 Å². The number of nitrogens with two attached hydrogens (primary N) is 2. The molecule has 1 aromatic heterocycles. The Morgan fingerprint density at radius 2 is 2.00 bits per heavy atom. The third-order valence-electron chi connectivity index (χ3n) is 2.65. The van der Waals surface area contributed by atoms with Gasteiger partial charge in [-0.15, -0.1) is 10.2 Å². The van der Waals surface area contributed by atoms with E-state index in [1.807, 2.05) is 19.1 Å². The van der Waals surface area contributed by atoms with Gasteiger partial charge in [0.15, 0.2) is 17.2 Å². The van der Waals surface area contributed by atoms with Crippen molar-refractivity contribution in [3.63, 3.8) is 0 Å². The topological polar surface area (TPSA) is 113 Å². The van der Waals surface area contributed by atoms with Crippen molar-refractivity contribution in [1.82, 2.24) is 10.2 Å². The second-order valence-corrected chi connectivity index (χ2v) is 4.14. The van der Waals surface area contributed by atoms with E-state index in [2.05, 4.69) is 10.2 Å². The predicted molar refractivity (Wildman–Crippen MR) is 76.1 cm³/mol. The first kappa shape index (κ1) is 14.7. The first-order chi connectivity index (χ1) is 10.1. The van der Waals surface area contributed by atoms with Crippen molar-refractivity contribution >= 4 is 5.91 Å². The first-order valence-electron chi connectivity index (χ1n) is 6.41. The van der Waals surface area contributed by atoms with Crippen molar-refractivity contribution in [3.8, 4) is 17.4 Å². The zero-order chi connectivity index (χ0) is 15.2. The summed E-state index contributed by atoms with van der Waals surface area (Å²) in [5.41, 5.74) is 11.7. The highest BCUT2D eigenvalue weighted by molar-refractivity contribution is 5.90. The van der Waals surface area contributed by atoms with Gasteiger partial charge in [0.25, 0.3) is 5.91 Å². The fraction of sp³-hybridized carbons (Fsp3) is 0.214. The van der Waals surface area contributed by atoms with Gasteiger partial charge in [-0.05, 0) is 30.7 Å². The lowest BCUT2D eigenvalue weighted by atomic mass is 10.2. The van der Waals surface area contributed by atoms with Crippen LogP contribution in [0.15, 0.2) is 30.3 Å². The summed E-state index contributed by atoms with van der Waals surface area (Å²) in [6.45, 7) is 2.78. The van der Waals surface area contributed by atoms with E-state index < -0.39 is 5.91 Å². The van der Waals surface area contributed by atoms with E-state index in [9.17, 15) is 4.79 Å². The van der Waals surface area contributed by atoms with E-state index in [0.29, 0.717) is 24.7 Å². The molecular formula is C14H16N4O3. The van der Waals surface area contributed by atoms with Gasteiger partial charge >= 0.3 is 0 Å². The van der Waals surface area contributed by atoms with Crippen molar-refractivity contribution in [2.24, 2.45) is 11.5 Å². The van der Waals surface area contributed by atoms with Crippen LogP contribution in [0.4, 0.5) is 0 Å². The Bertz CT molecular complexity index is 629. The molecule has 0 aliphatic carbocycles. The number of rotatable bonds is 6. The molecule has 0 saturated heterocycles. The molecule has 110 valence electrons. The highest BCUT2D eigenvalue weighted by Crippen LogP contribution is 2.31. The minimum absolute atomic E-state index is 0.0749. The van der Waals surface area contributed by atoms with E-state index in [4.69, 9.17) is 20.9 Å². The second kappa shape index (κ2) is 6.67. The molecule has 0 radical (unpaired) electrons.